The van der Waals surface area contributed by atoms with Gasteiger partial charge in [0.05, 0.1) is 18.2 Å². The lowest BCUT2D eigenvalue weighted by Gasteiger charge is -2.14. The number of fused-ring (bicyclic) bond motifs is 1. The van der Waals surface area contributed by atoms with E-state index in [9.17, 15) is 0 Å². The lowest BCUT2D eigenvalue weighted by atomic mass is 10.1. The number of alkyl halides is 1. The minimum atomic E-state index is 0.274. The monoisotopic (exact) mass is 354 g/mol. The maximum Gasteiger partial charge on any atom is 0.145 e. The molecule has 2 aromatic rings. The van der Waals surface area contributed by atoms with Gasteiger partial charge in [0.25, 0.3) is 0 Å². The predicted octanol–water partition coefficient (Wildman–Crippen LogP) is 6.46. The van der Waals surface area contributed by atoms with Crippen LogP contribution in [0.2, 0.25) is 5.02 Å². The summed E-state index contributed by atoms with van der Waals surface area (Å²) in [6, 6.07) is 9.88. The van der Waals surface area contributed by atoms with Gasteiger partial charge in [0.2, 0.25) is 0 Å². The van der Waals surface area contributed by atoms with Crippen LogP contribution in [-0.4, -0.2) is 18.6 Å². The summed E-state index contributed by atoms with van der Waals surface area (Å²) in [6.07, 6.45) is 4.11. The Kier molecular flexibility index (Phi) is 7.32. The van der Waals surface area contributed by atoms with Crippen LogP contribution in [0.15, 0.2) is 30.3 Å². The van der Waals surface area contributed by atoms with E-state index in [4.69, 9.17) is 32.7 Å². The highest BCUT2D eigenvalue weighted by atomic mass is 35.5. The predicted molar refractivity (Wildman–Crippen MR) is 99.4 cm³/mol. The number of ether oxygens (including phenoxy) is 2. The molecule has 1 atom stereocenters. The first kappa shape index (κ1) is 18.2. The highest BCUT2D eigenvalue weighted by Gasteiger charge is 2.12. The summed E-state index contributed by atoms with van der Waals surface area (Å²) in [5.41, 5.74) is 0. The molecule has 0 radical (unpaired) electrons. The minimum Gasteiger partial charge on any atom is -0.493 e. The van der Waals surface area contributed by atoms with Gasteiger partial charge in [-0.1, -0.05) is 42.8 Å². The van der Waals surface area contributed by atoms with Gasteiger partial charge in [0.1, 0.15) is 11.5 Å². The maximum atomic E-state index is 6.37. The van der Waals surface area contributed by atoms with Crippen molar-refractivity contribution in [3.63, 3.8) is 0 Å². The second kappa shape index (κ2) is 9.24. The van der Waals surface area contributed by atoms with E-state index in [1.54, 1.807) is 0 Å². The Morgan fingerprint density at radius 3 is 2.48 bits per heavy atom. The molecule has 23 heavy (non-hydrogen) atoms. The van der Waals surface area contributed by atoms with E-state index in [0.717, 1.165) is 48.0 Å². The van der Waals surface area contributed by atoms with Gasteiger partial charge >= 0.3 is 0 Å². The van der Waals surface area contributed by atoms with Crippen LogP contribution < -0.4 is 9.47 Å². The number of hydrogen-bond donors (Lipinski definition) is 0. The summed E-state index contributed by atoms with van der Waals surface area (Å²) in [5, 5.41) is 2.89. The van der Waals surface area contributed by atoms with Gasteiger partial charge in [-0.3, -0.25) is 0 Å². The van der Waals surface area contributed by atoms with Crippen molar-refractivity contribution < 1.29 is 9.47 Å². The molecule has 2 rings (SSSR count). The van der Waals surface area contributed by atoms with Gasteiger partial charge in [0, 0.05) is 22.2 Å². The van der Waals surface area contributed by atoms with Crippen LogP contribution in [0, 0.1) is 0 Å². The maximum absolute atomic E-state index is 6.37. The topological polar surface area (TPSA) is 18.5 Å². The average Bonchev–Trinajstić information content (AvgIpc) is 2.57. The molecular formula is C19H24Cl2O2. The first-order valence-corrected chi connectivity index (χ1v) is 9.09. The number of halogens is 2. The fraction of sp³-hybridized carbons (Fsp3) is 0.474. The van der Waals surface area contributed by atoms with Crippen LogP contribution in [0.5, 0.6) is 11.5 Å². The standard InChI is InChI=1S/C19H24Cl2O2/c1-3-14(20)9-7-8-12-23-18-13-17(21)19(22-4-2)16-11-6-5-10-15(16)18/h5-6,10-11,13-14H,3-4,7-9,12H2,1-2H3. The van der Waals surface area contributed by atoms with E-state index in [1.807, 2.05) is 37.3 Å². The second-order valence-electron chi connectivity index (χ2n) is 5.51. The van der Waals surface area contributed by atoms with Crippen molar-refractivity contribution in [2.45, 2.75) is 44.9 Å². The van der Waals surface area contributed by atoms with Crippen LogP contribution >= 0.6 is 23.2 Å². The fourth-order valence-electron chi connectivity index (χ4n) is 2.55. The zero-order valence-corrected chi connectivity index (χ0v) is 15.3. The van der Waals surface area contributed by atoms with Crippen LogP contribution in [0.25, 0.3) is 10.8 Å². The van der Waals surface area contributed by atoms with Crippen molar-refractivity contribution in [2.24, 2.45) is 0 Å². The molecule has 0 saturated carbocycles. The minimum absolute atomic E-state index is 0.274. The molecule has 1 unspecified atom stereocenters. The molecule has 4 heteroatoms. The number of hydrogen-bond acceptors (Lipinski definition) is 2. The molecule has 0 fully saturated rings. The van der Waals surface area contributed by atoms with E-state index in [-0.39, 0.29) is 5.38 Å². The van der Waals surface area contributed by atoms with Gasteiger partial charge in [-0.25, -0.2) is 0 Å². The van der Waals surface area contributed by atoms with E-state index in [1.165, 1.54) is 0 Å². The number of rotatable bonds is 9. The molecule has 0 aliphatic carbocycles. The summed E-state index contributed by atoms with van der Waals surface area (Å²) < 4.78 is 11.7. The van der Waals surface area contributed by atoms with Gasteiger partial charge in [-0.05, 0) is 32.6 Å². The Morgan fingerprint density at radius 2 is 1.78 bits per heavy atom. The fourth-order valence-corrected chi connectivity index (χ4v) is 2.96. The van der Waals surface area contributed by atoms with Crippen LogP contribution in [-0.2, 0) is 0 Å². The lowest BCUT2D eigenvalue weighted by Crippen LogP contribution is -2.02. The van der Waals surface area contributed by atoms with Crippen molar-refractivity contribution >= 4 is 34.0 Å². The normalized spacial score (nSPS) is 12.3. The molecule has 0 heterocycles. The van der Waals surface area contributed by atoms with E-state index in [2.05, 4.69) is 6.92 Å². The first-order chi connectivity index (χ1) is 11.2. The van der Waals surface area contributed by atoms with Gasteiger partial charge in [0.15, 0.2) is 0 Å². The Bertz CT molecular complexity index is 628. The third-order valence-electron chi connectivity index (χ3n) is 3.81. The summed E-state index contributed by atoms with van der Waals surface area (Å²) in [5.74, 6) is 1.54. The Labute approximate surface area is 148 Å². The smallest absolute Gasteiger partial charge is 0.145 e. The third kappa shape index (κ3) is 4.92. The average molecular weight is 355 g/mol. The molecule has 2 aromatic carbocycles. The van der Waals surface area contributed by atoms with Crippen molar-refractivity contribution in [3.8, 4) is 11.5 Å². The van der Waals surface area contributed by atoms with Gasteiger partial charge in [-0.15, -0.1) is 11.6 Å². The highest BCUT2D eigenvalue weighted by Crippen LogP contribution is 2.39. The number of unbranched alkanes of at least 4 members (excludes halogenated alkanes) is 1. The number of benzene rings is 2. The molecule has 126 valence electrons. The molecule has 2 nitrogen and oxygen atoms in total. The molecule has 0 aromatic heterocycles. The highest BCUT2D eigenvalue weighted by molar-refractivity contribution is 6.33. The largest absolute Gasteiger partial charge is 0.493 e. The SMILES string of the molecule is CCOc1c(Cl)cc(OCCCCC(Cl)CC)c2ccccc12. The molecular weight excluding hydrogens is 331 g/mol. The molecule has 0 aliphatic heterocycles. The van der Waals surface area contributed by atoms with E-state index >= 15 is 0 Å². The second-order valence-corrected chi connectivity index (χ2v) is 6.54. The van der Waals surface area contributed by atoms with E-state index in [0.29, 0.717) is 18.2 Å². The lowest BCUT2D eigenvalue weighted by molar-refractivity contribution is 0.307. The van der Waals surface area contributed by atoms with Gasteiger partial charge in [-0.2, -0.15) is 0 Å². The Hall–Kier alpha value is -1.12. The third-order valence-corrected chi connectivity index (χ3v) is 4.62. The van der Waals surface area contributed by atoms with Crippen molar-refractivity contribution in [2.75, 3.05) is 13.2 Å². The van der Waals surface area contributed by atoms with E-state index < -0.39 is 0 Å². The van der Waals surface area contributed by atoms with Crippen molar-refractivity contribution in [1.29, 1.82) is 0 Å². The molecule has 0 N–H and O–H groups in total. The summed E-state index contributed by atoms with van der Waals surface area (Å²) in [4.78, 5) is 0. The summed E-state index contributed by atoms with van der Waals surface area (Å²) in [7, 11) is 0. The van der Waals surface area contributed by atoms with Gasteiger partial charge < -0.3 is 9.47 Å². The molecule has 0 bridgehead atoms. The summed E-state index contributed by atoms with van der Waals surface area (Å²) in [6.45, 7) is 5.32. The van der Waals surface area contributed by atoms with Crippen LogP contribution in [0.3, 0.4) is 0 Å². The molecule has 0 aliphatic rings. The van der Waals surface area contributed by atoms with Crippen LogP contribution in [0.1, 0.15) is 39.5 Å². The molecule has 0 spiro atoms. The zero-order valence-electron chi connectivity index (χ0n) is 13.8. The first-order valence-electron chi connectivity index (χ1n) is 8.28. The quantitative estimate of drug-likeness (QED) is 0.380. The van der Waals surface area contributed by atoms with Crippen molar-refractivity contribution in [1.82, 2.24) is 0 Å². The summed E-state index contributed by atoms with van der Waals surface area (Å²) >= 11 is 12.5. The Morgan fingerprint density at radius 1 is 1.04 bits per heavy atom. The Balaban J connectivity index is 2.07. The van der Waals surface area contributed by atoms with Crippen LogP contribution in [0.4, 0.5) is 0 Å². The molecule has 0 amide bonds. The zero-order chi connectivity index (χ0) is 16.7. The molecule has 0 saturated heterocycles. The van der Waals surface area contributed by atoms with Crippen molar-refractivity contribution in [3.05, 3.63) is 35.4 Å².